The number of amides is 3. The quantitative estimate of drug-likeness (QED) is 0.702. The monoisotopic (exact) mass is 404 g/mol. The molecule has 2 fully saturated rings. The van der Waals surface area contributed by atoms with Crippen molar-refractivity contribution in [3.8, 4) is 11.5 Å². The van der Waals surface area contributed by atoms with Crippen molar-refractivity contribution >= 4 is 34.9 Å². The fraction of sp³-hybridized carbons (Fsp3) is 0.450. The number of likely N-dealkylation sites (tertiary alicyclic amines) is 1. The molecule has 2 heterocycles. The summed E-state index contributed by atoms with van der Waals surface area (Å²) in [5.41, 5.74) is 0.660. The zero-order valence-electron chi connectivity index (χ0n) is 16.1. The Morgan fingerprint density at radius 3 is 2.46 bits per heavy atom. The minimum atomic E-state index is -0.448. The van der Waals surface area contributed by atoms with Crippen LogP contribution in [-0.2, 0) is 9.59 Å². The van der Waals surface area contributed by atoms with Gasteiger partial charge >= 0.3 is 0 Å². The van der Waals surface area contributed by atoms with E-state index in [0.717, 1.165) is 42.3 Å². The minimum absolute atomic E-state index is 0.174. The molecule has 7 nitrogen and oxygen atoms in total. The van der Waals surface area contributed by atoms with E-state index in [1.807, 2.05) is 0 Å². The molecule has 0 unspecified atom stereocenters. The molecular formula is C20H24N2O5S. The smallest absolute Gasteiger partial charge is 0.294 e. The first-order valence-electron chi connectivity index (χ1n) is 9.28. The second-order valence-corrected chi connectivity index (χ2v) is 7.66. The lowest BCUT2D eigenvalue weighted by Crippen LogP contribution is -2.42. The molecule has 2 aliphatic heterocycles. The summed E-state index contributed by atoms with van der Waals surface area (Å²) < 4.78 is 10.5. The lowest BCUT2D eigenvalue weighted by atomic mass is 10.1. The van der Waals surface area contributed by atoms with Crippen molar-refractivity contribution in [2.75, 3.05) is 33.9 Å². The highest BCUT2D eigenvalue weighted by atomic mass is 32.2. The summed E-state index contributed by atoms with van der Waals surface area (Å²) in [6.45, 7) is 1.17. The molecule has 0 aromatic heterocycles. The highest BCUT2D eigenvalue weighted by Gasteiger charge is 2.37. The molecule has 28 heavy (non-hydrogen) atoms. The summed E-state index contributed by atoms with van der Waals surface area (Å²) >= 11 is 0.840. The number of benzene rings is 1. The maximum Gasteiger partial charge on any atom is 0.294 e. The molecule has 1 aromatic rings. The molecule has 0 radical (unpaired) electrons. The van der Waals surface area contributed by atoms with E-state index in [2.05, 4.69) is 0 Å². The van der Waals surface area contributed by atoms with Crippen molar-refractivity contribution in [3.05, 3.63) is 28.7 Å². The van der Waals surface area contributed by atoms with Crippen molar-refractivity contribution in [2.24, 2.45) is 0 Å². The molecule has 8 heteroatoms. The topological polar surface area (TPSA) is 76.2 Å². The Morgan fingerprint density at radius 1 is 1.11 bits per heavy atom. The van der Waals surface area contributed by atoms with Gasteiger partial charge in [0.15, 0.2) is 0 Å². The van der Waals surface area contributed by atoms with Gasteiger partial charge in [-0.05, 0) is 42.8 Å². The van der Waals surface area contributed by atoms with Crippen LogP contribution in [0.2, 0.25) is 0 Å². The van der Waals surface area contributed by atoms with E-state index in [0.29, 0.717) is 30.2 Å². The Balaban J connectivity index is 1.74. The van der Waals surface area contributed by atoms with Crippen LogP contribution in [0.15, 0.2) is 23.1 Å². The summed E-state index contributed by atoms with van der Waals surface area (Å²) in [5.74, 6) is 0.542. The summed E-state index contributed by atoms with van der Waals surface area (Å²) in [4.78, 5) is 40.7. The van der Waals surface area contributed by atoms with Crippen molar-refractivity contribution in [1.29, 1.82) is 0 Å². The summed E-state index contributed by atoms with van der Waals surface area (Å²) in [7, 11) is 3.08. The maximum atomic E-state index is 12.7. The SMILES string of the molecule is COc1ccc(/C=C2\SC(=O)N(CC(=O)N3CCCCCC3)C2=O)c(OC)c1. The number of methoxy groups -OCH3 is 2. The Kier molecular flexibility index (Phi) is 6.61. The first-order chi connectivity index (χ1) is 13.5. The van der Waals surface area contributed by atoms with Gasteiger partial charge in [0, 0.05) is 24.7 Å². The van der Waals surface area contributed by atoms with Gasteiger partial charge in [-0.25, -0.2) is 0 Å². The predicted octanol–water partition coefficient (Wildman–Crippen LogP) is 3.14. The number of thioether (sulfide) groups is 1. The van der Waals surface area contributed by atoms with Gasteiger partial charge in [0.05, 0.1) is 19.1 Å². The molecule has 3 amide bonds. The van der Waals surface area contributed by atoms with Crippen LogP contribution >= 0.6 is 11.8 Å². The summed E-state index contributed by atoms with van der Waals surface area (Å²) in [6.07, 6.45) is 5.75. The van der Waals surface area contributed by atoms with Crippen LogP contribution in [0, 0.1) is 0 Å². The van der Waals surface area contributed by atoms with E-state index >= 15 is 0 Å². The molecule has 3 rings (SSSR count). The molecule has 0 bridgehead atoms. The zero-order valence-corrected chi connectivity index (χ0v) is 16.9. The Labute approximate surface area is 168 Å². The fourth-order valence-corrected chi connectivity index (χ4v) is 4.10. The lowest BCUT2D eigenvalue weighted by molar-refractivity contribution is -0.135. The number of ether oxygens (including phenoxy) is 2. The average Bonchev–Trinajstić information content (AvgIpc) is 2.91. The number of rotatable bonds is 5. The summed E-state index contributed by atoms with van der Waals surface area (Å²) in [6, 6.07) is 5.22. The van der Waals surface area contributed by atoms with Crippen LogP contribution in [0.4, 0.5) is 4.79 Å². The second kappa shape index (κ2) is 9.14. The largest absolute Gasteiger partial charge is 0.497 e. The van der Waals surface area contributed by atoms with E-state index in [4.69, 9.17) is 9.47 Å². The number of hydrogen-bond donors (Lipinski definition) is 0. The molecule has 0 atom stereocenters. The molecule has 0 N–H and O–H groups in total. The highest BCUT2D eigenvalue weighted by Crippen LogP contribution is 2.35. The fourth-order valence-electron chi connectivity index (χ4n) is 3.27. The lowest BCUT2D eigenvalue weighted by Gasteiger charge is -2.22. The van der Waals surface area contributed by atoms with Gasteiger partial charge in [-0.15, -0.1) is 0 Å². The van der Waals surface area contributed by atoms with E-state index in [1.165, 1.54) is 7.11 Å². The zero-order chi connectivity index (χ0) is 20.1. The van der Waals surface area contributed by atoms with E-state index in [1.54, 1.807) is 36.3 Å². The number of carbonyl (C=O) groups excluding carboxylic acids is 3. The molecule has 0 saturated carbocycles. The standard InChI is InChI=1S/C20H24N2O5S/c1-26-15-8-7-14(16(12-15)27-2)11-17-19(24)22(20(25)28-17)13-18(23)21-9-5-3-4-6-10-21/h7-8,11-12H,3-6,9-10,13H2,1-2H3/b17-11-. The van der Waals surface area contributed by atoms with Gasteiger partial charge in [0.25, 0.3) is 11.1 Å². The molecule has 150 valence electrons. The van der Waals surface area contributed by atoms with Gasteiger partial charge in [-0.1, -0.05) is 12.8 Å². The van der Waals surface area contributed by atoms with Gasteiger partial charge in [-0.3, -0.25) is 19.3 Å². The van der Waals surface area contributed by atoms with Crippen LogP contribution in [0.25, 0.3) is 6.08 Å². The molecule has 2 saturated heterocycles. The number of nitrogens with zero attached hydrogens (tertiary/aromatic N) is 2. The Morgan fingerprint density at radius 2 is 1.82 bits per heavy atom. The molecule has 2 aliphatic rings. The third-order valence-corrected chi connectivity index (χ3v) is 5.76. The van der Waals surface area contributed by atoms with Crippen molar-refractivity contribution in [2.45, 2.75) is 25.7 Å². The van der Waals surface area contributed by atoms with Gasteiger partial charge in [-0.2, -0.15) is 0 Å². The summed E-state index contributed by atoms with van der Waals surface area (Å²) in [5, 5.41) is -0.424. The van der Waals surface area contributed by atoms with E-state index < -0.39 is 11.1 Å². The van der Waals surface area contributed by atoms with E-state index in [9.17, 15) is 14.4 Å². The Hall–Kier alpha value is -2.48. The first kappa shape index (κ1) is 20.3. The van der Waals surface area contributed by atoms with Gasteiger partial charge < -0.3 is 14.4 Å². The van der Waals surface area contributed by atoms with Crippen molar-refractivity contribution in [1.82, 2.24) is 9.80 Å². The van der Waals surface area contributed by atoms with Gasteiger partial charge in [0.1, 0.15) is 18.0 Å². The third kappa shape index (κ3) is 4.49. The van der Waals surface area contributed by atoms with Crippen molar-refractivity contribution in [3.63, 3.8) is 0 Å². The minimum Gasteiger partial charge on any atom is -0.497 e. The molecule has 1 aromatic carbocycles. The average molecular weight is 404 g/mol. The second-order valence-electron chi connectivity index (χ2n) is 6.67. The molecular weight excluding hydrogens is 380 g/mol. The van der Waals surface area contributed by atoms with Crippen LogP contribution in [0.5, 0.6) is 11.5 Å². The number of carbonyl (C=O) groups is 3. The Bertz CT molecular complexity index is 800. The van der Waals surface area contributed by atoms with Crippen LogP contribution < -0.4 is 9.47 Å². The van der Waals surface area contributed by atoms with E-state index in [-0.39, 0.29) is 17.4 Å². The van der Waals surface area contributed by atoms with Crippen LogP contribution in [-0.4, -0.2) is 60.7 Å². The number of imide groups is 1. The normalized spacial score (nSPS) is 19.1. The third-order valence-electron chi connectivity index (χ3n) is 4.85. The molecule has 0 spiro atoms. The number of hydrogen-bond acceptors (Lipinski definition) is 6. The van der Waals surface area contributed by atoms with Crippen LogP contribution in [0.3, 0.4) is 0 Å². The maximum absolute atomic E-state index is 12.7. The first-order valence-corrected chi connectivity index (χ1v) is 10.1. The highest BCUT2D eigenvalue weighted by molar-refractivity contribution is 8.18. The van der Waals surface area contributed by atoms with Crippen molar-refractivity contribution < 1.29 is 23.9 Å². The van der Waals surface area contributed by atoms with Crippen LogP contribution in [0.1, 0.15) is 31.2 Å². The molecule has 0 aliphatic carbocycles. The predicted molar refractivity (Wildman–Crippen MR) is 107 cm³/mol. The van der Waals surface area contributed by atoms with Gasteiger partial charge in [0.2, 0.25) is 5.91 Å².